The van der Waals surface area contributed by atoms with E-state index in [4.69, 9.17) is 10.8 Å². The predicted molar refractivity (Wildman–Crippen MR) is 47.5 cm³/mol. The second-order valence-corrected chi connectivity index (χ2v) is 3.24. The maximum absolute atomic E-state index is 10.6. The zero-order valence-corrected chi connectivity index (χ0v) is 7.87. The maximum Gasteiger partial charge on any atom is 0.234 e. The summed E-state index contributed by atoms with van der Waals surface area (Å²) in [7, 11) is 0. The molecule has 12 heavy (non-hydrogen) atoms. The first-order chi connectivity index (χ1) is 5.49. The summed E-state index contributed by atoms with van der Waals surface area (Å²) in [6, 6.07) is -0.244. The lowest BCUT2D eigenvalue weighted by molar-refractivity contribution is -0.119. The second-order valence-electron chi connectivity index (χ2n) is 3.24. The number of carbonyl (C=O) groups is 1. The monoisotopic (exact) mass is 174 g/mol. The number of rotatable bonds is 5. The predicted octanol–water partition coefficient (Wildman–Crippen LogP) is -0.533. The van der Waals surface area contributed by atoms with Gasteiger partial charge in [-0.2, -0.15) is 0 Å². The van der Waals surface area contributed by atoms with E-state index in [1.807, 2.05) is 13.8 Å². The van der Waals surface area contributed by atoms with Crippen molar-refractivity contribution in [2.45, 2.75) is 32.9 Å². The smallest absolute Gasteiger partial charge is 0.234 e. The summed E-state index contributed by atoms with van der Waals surface area (Å²) in [5.41, 5.74) is 5.06. The standard InChI is InChI=1S/C8H18N2O2/c1-5(4-11)6(2)10-7(3)8(9)12/h5-7,10-11H,4H2,1-3H3,(H2,9,12). The molecule has 1 amide bonds. The molecule has 0 aliphatic rings. The van der Waals surface area contributed by atoms with Crippen molar-refractivity contribution in [2.75, 3.05) is 6.61 Å². The van der Waals surface area contributed by atoms with Crippen LogP contribution in [0.5, 0.6) is 0 Å². The lowest BCUT2D eigenvalue weighted by Crippen LogP contribution is -2.46. The summed E-state index contributed by atoms with van der Waals surface area (Å²) in [6.45, 7) is 5.65. The number of aliphatic hydroxyl groups is 1. The molecule has 0 radical (unpaired) electrons. The van der Waals surface area contributed by atoms with Crippen LogP contribution in [-0.2, 0) is 4.79 Å². The Morgan fingerprint density at radius 1 is 1.50 bits per heavy atom. The Morgan fingerprint density at radius 2 is 2.00 bits per heavy atom. The lowest BCUT2D eigenvalue weighted by atomic mass is 10.0. The molecule has 4 heteroatoms. The highest BCUT2D eigenvalue weighted by molar-refractivity contribution is 5.79. The molecule has 0 bridgehead atoms. The van der Waals surface area contributed by atoms with Crippen molar-refractivity contribution in [3.05, 3.63) is 0 Å². The van der Waals surface area contributed by atoms with Gasteiger partial charge in [0.15, 0.2) is 0 Å². The average molecular weight is 174 g/mol. The van der Waals surface area contributed by atoms with Crippen LogP contribution in [0.15, 0.2) is 0 Å². The molecule has 3 unspecified atom stereocenters. The van der Waals surface area contributed by atoms with Crippen LogP contribution < -0.4 is 11.1 Å². The van der Waals surface area contributed by atoms with Crippen molar-refractivity contribution in [2.24, 2.45) is 11.7 Å². The first-order valence-electron chi connectivity index (χ1n) is 4.15. The molecule has 0 spiro atoms. The molecule has 3 atom stereocenters. The minimum atomic E-state index is -0.369. The summed E-state index contributed by atoms with van der Waals surface area (Å²) < 4.78 is 0. The van der Waals surface area contributed by atoms with Crippen molar-refractivity contribution in [3.63, 3.8) is 0 Å². The summed E-state index contributed by atoms with van der Waals surface area (Å²) in [6.07, 6.45) is 0. The number of carbonyl (C=O) groups excluding carboxylic acids is 1. The van der Waals surface area contributed by atoms with E-state index < -0.39 is 0 Å². The molecule has 0 aromatic carbocycles. The van der Waals surface area contributed by atoms with E-state index in [-0.39, 0.29) is 30.5 Å². The molecule has 0 aromatic rings. The molecular formula is C8H18N2O2. The molecule has 0 heterocycles. The van der Waals surface area contributed by atoms with Gasteiger partial charge in [0.25, 0.3) is 0 Å². The minimum Gasteiger partial charge on any atom is -0.396 e. The number of aliphatic hydroxyl groups excluding tert-OH is 1. The highest BCUT2D eigenvalue weighted by atomic mass is 16.3. The Kier molecular flexibility index (Phi) is 4.85. The Bertz CT molecular complexity index is 150. The molecule has 0 aliphatic heterocycles. The first-order valence-corrected chi connectivity index (χ1v) is 4.15. The fraction of sp³-hybridized carbons (Fsp3) is 0.875. The fourth-order valence-electron chi connectivity index (χ4n) is 0.799. The zero-order valence-electron chi connectivity index (χ0n) is 7.87. The second kappa shape index (κ2) is 5.11. The molecule has 0 fully saturated rings. The molecule has 4 N–H and O–H groups in total. The van der Waals surface area contributed by atoms with Gasteiger partial charge in [-0.05, 0) is 19.8 Å². The number of amides is 1. The Morgan fingerprint density at radius 3 is 2.33 bits per heavy atom. The minimum absolute atomic E-state index is 0.0949. The normalized spacial score (nSPS) is 18.3. The first kappa shape index (κ1) is 11.4. The van der Waals surface area contributed by atoms with Gasteiger partial charge < -0.3 is 16.2 Å². The van der Waals surface area contributed by atoms with E-state index in [0.717, 1.165) is 0 Å². The van der Waals surface area contributed by atoms with E-state index in [1.54, 1.807) is 6.92 Å². The van der Waals surface area contributed by atoms with Crippen LogP contribution in [0, 0.1) is 5.92 Å². The largest absolute Gasteiger partial charge is 0.396 e. The van der Waals surface area contributed by atoms with Crippen molar-refractivity contribution < 1.29 is 9.90 Å². The van der Waals surface area contributed by atoms with Crippen molar-refractivity contribution in [3.8, 4) is 0 Å². The topological polar surface area (TPSA) is 75.3 Å². The van der Waals surface area contributed by atoms with Gasteiger partial charge in [0.05, 0.1) is 6.04 Å². The van der Waals surface area contributed by atoms with Crippen LogP contribution in [0.3, 0.4) is 0 Å². The van der Waals surface area contributed by atoms with E-state index >= 15 is 0 Å². The molecule has 0 rings (SSSR count). The zero-order chi connectivity index (χ0) is 9.72. The molecule has 0 saturated carbocycles. The van der Waals surface area contributed by atoms with Gasteiger partial charge in [0, 0.05) is 12.6 Å². The van der Waals surface area contributed by atoms with Gasteiger partial charge in [-0.1, -0.05) is 6.92 Å². The van der Waals surface area contributed by atoms with Gasteiger partial charge in [-0.15, -0.1) is 0 Å². The van der Waals surface area contributed by atoms with Crippen molar-refractivity contribution in [1.82, 2.24) is 5.32 Å². The fourth-order valence-corrected chi connectivity index (χ4v) is 0.799. The quantitative estimate of drug-likeness (QED) is 0.524. The number of nitrogens with one attached hydrogen (secondary N) is 1. The van der Waals surface area contributed by atoms with Crippen LogP contribution in [0.25, 0.3) is 0 Å². The van der Waals surface area contributed by atoms with Crippen molar-refractivity contribution >= 4 is 5.91 Å². The van der Waals surface area contributed by atoms with Crippen LogP contribution in [0.2, 0.25) is 0 Å². The summed E-state index contributed by atoms with van der Waals surface area (Å²) >= 11 is 0. The summed E-state index contributed by atoms with van der Waals surface area (Å²) in [5, 5.41) is 11.8. The number of hydrogen-bond acceptors (Lipinski definition) is 3. The molecule has 0 aliphatic carbocycles. The summed E-state index contributed by atoms with van der Waals surface area (Å²) in [5.74, 6) is -0.237. The Balaban J connectivity index is 3.83. The van der Waals surface area contributed by atoms with Gasteiger partial charge in [-0.3, -0.25) is 4.79 Å². The lowest BCUT2D eigenvalue weighted by Gasteiger charge is -2.22. The van der Waals surface area contributed by atoms with Gasteiger partial charge in [-0.25, -0.2) is 0 Å². The number of nitrogens with two attached hydrogens (primary N) is 1. The average Bonchev–Trinajstić information content (AvgIpc) is 2.02. The van der Waals surface area contributed by atoms with Crippen LogP contribution in [-0.4, -0.2) is 29.7 Å². The highest BCUT2D eigenvalue weighted by Crippen LogP contribution is 2.01. The third kappa shape index (κ3) is 3.69. The van der Waals surface area contributed by atoms with E-state index in [2.05, 4.69) is 5.32 Å². The highest BCUT2D eigenvalue weighted by Gasteiger charge is 2.16. The summed E-state index contributed by atoms with van der Waals surface area (Å²) in [4.78, 5) is 10.6. The number of primary amides is 1. The van der Waals surface area contributed by atoms with Gasteiger partial charge in [0.1, 0.15) is 0 Å². The Hall–Kier alpha value is -0.610. The molecule has 4 nitrogen and oxygen atoms in total. The third-order valence-electron chi connectivity index (χ3n) is 2.08. The molecular weight excluding hydrogens is 156 g/mol. The molecule has 0 aromatic heterocycles. The van der Waals surface area contributed by atoms with E-state index in [1.165, 1.54) is 0 Å². The van der Waals surface area contributed by atoms with Crippen molar-refractivity contribution in [1.29, 1.82) is 0 Å². The van der Waals surface area contributed by atoms with Crippen LogP contribution in [0.1, 0.15) is 20.8 Å². The van der Waals surface area contributed by atoms with Gasteiger partial charge in [0.2, 0.25) is 5.91 Å². The molecule has 0 saturated heterocycles. The molecule has 72 valence electrons. The third-order valence-corrected chi connectivity index (χ3v) is 2.08. The maximum atomic E-state index is 10.6. The van der Waals surface area contributed by atoms with Gasteiger partial charge >= 0.3 is 0 Å². The number of hydrogen-bond donors (Lipinski definition) is 3. The SMILES string of the molecule is CC(NC(C)C(C)CO)C(N)=O. The van der Waals surface area contributed by atoms with E-state index in [0.29, 0.717) is 0 Å². The van der Waals surface area contributed by atoms with Crippen LogP contribution in [0.4, 0.5) is 0 Å². The van der Waals surface area contributed by atoms with E-state index in [9.17, 15) is 4.79 Å². The Labute approximate surface area is 73.1 Å². The van der Waals surface area contributed by atoms with Crippen LogP contribution >= 0.6 is 0 Å².